The molecule has 31 heteroatoms. The lowest BCUT2D eigenvalue weighted by molar-refractivity contribution is -0.145. The number of aliphatic carboxylic acids is 2. The highest BCUT2D eigenvalue weighted by atomic mass is 32.2. The normalized spacial score (nSPS) is 17.7. The number of carboxylic acid groups (broad SMARTS) is 2. The molecule has 0 saturated carbocycles. The molecule has 0 aliphatic carbocycles. The molecule has 18 N–H and O–H groups in total. The second kappa shape index (κ2) is 33.7. The first-order valence-corrected chi connectivity index (χ1v) is 29.7. The van der Waals surface area contributed by atoms with Crippen molar-refractivity contribution >= 4 is 82.8 Å². The Morgan fingerprint density at radius 1 is 0.678 bits per heavy atom. The Morgan fingerprint density at radius 3 is 1.84 bits per heavy atom. The number of phenols is 1. The van der Waals surface area contributed by atoms with Gasteiger partial charge in [-0.05, 0) is 100 Å². The maximum atomic E-state index is 14.6. The van der Waals surface area contributed by atoms with Crippen LogP contribution < -0.4 is 54.4 Å². The lowest BCUT2D eigenvalue weighted by Crippen LogP contribution is -2.62. The molecule has 1 aromatic heterocycles. The Labute approximate surface area is 505 Å². The predicted molar refractivity (Wildman–Crippen MR) is 315 cm³/mol. The number of carbonyl (C=O) groups is 11. The molecule has 0 radical (unpaired) electrons. The average molecular weight is 1230 g/mol. The summed E-state index contributed by atoms with van der Waals surface area (Å²) in [5, 5.41) is 58.1. The number of imidazole rings is 1. The van der Waals surface area contributed by atoms with Gasteiger partial charge in [0.1, 0.15) is 60.1 Å². The second-order valence-electron chi connectivity index (χ2n) is 21.3. The van der Waals surface area contributed by atoms with Crippen molar-refractivity contribution in [3.8, 4) is 5.75 Å². The third-order valence-electron chi connectivity index (χ3n) is 14.5. The molecule has 2 aliphatic heterocycles. The van der Waals surface area contributed by atoms with E-state index in [0.29, 0.717) is 29.9 Å². The van der Waals surface area contributed by atoms with Gasteiger partial charge in [0.2, 0.25) is 53.2 Å². The van der Waals surface area contributed by atoms with Crippen molar-refractivity contribution in [2.45, 2.75) is 151 Å². The highest BCUT2D eigenvalue weighted by Gasteiger charge is 2.42. The van der Waals surface area contributed by atoms with E-state index in [1.165, 1.54) is 65.3 Å². The third kappa shape index (κ3) is 21.3. The van der Waals surface area contributed by atoms with Crippen LogP contribution in [-0.2, 0) is 72.0 Å². The molecule has 87 heavy (non-hydrogen) atoms. The molecule has 474 valence electrons. The summed E-state index contributed by atoms with van der Waals surface area (Å²) in [6.45, 7) is 2.68. The van der Waals surface area contributed by atoms with E-state index in [4.69, 9.17) is 17.2 Å². The molecule has 2 saturated heterocycles. The number of aliphatic hydroxyl groups excluding tert-OH is 1. The van der Waals surface area contributed by atoms with E-state index in [1.54, 1.807) is 6.26 Å². The van der Waals surface area contributed by atoms with Gasteiger partial charge in [0.15, 0.2) is 5.96 Å². The number of H-pyrrole nitrogens is 1. The van der Waals surface area contributed by atoms with Gasteiger partial charge in [0.25, 0.3) is 0 Å². The summed E-state index contributed by atoms with van der Waals surface area (Å²) in [4.78, 5) is 164. The van der Waals surface area contributed by atoms with Crippen molar-refractivity contribution < 1.29 is 73.2 Å². The van der Waals surface area contributed by atoms with E-state index >= 15 is 0 Å². The van der Waals surface area contributed by atoms with Crippen LogP contribution in [0.4, 0.5) is 0 Å². The first-order chi connectivity index (χ1) is 41.4. The van der Waals surface area contributed by atoms with Gasteiger partial charge in [-0.2, -0.15) is 11.8 Å². The zero-order chi connectivity index (χ0) is 63.9. The summed E-state index contributed by atoms with van der Waals surface area (Å²) in [5.41, 5.74) is 18.8. The van der Waals surface area contributed by atoms with E-state index in [-0.39, 0.29) is 82.7 Å². The number of phenolic OH excluding ortho intramolecular Hbond substituents is 1. The SMILES string of the molecule is CSCC[C@H](NC(=O)[C@@H]1CCCN1C(=O)[C@H](Cc1cnc[nH]1)NC(=O)[C@H](Cc1ccc(O)cc1)NC(=O)[C@@H](NC(=O)[C@H](CC(=O)O)NC(=O)[C@H](CCCN=C(N)N)NC(=O)[C@H](C)NC(=O)[C@@H]1CCCN1C(=O)[C@@H](N)Cc1ccccc1)[C@@H](C)O)C(=O)O. The van der Waals surface area contributed by atoms with Crippen molar-refractivity contribution in [2.75, 3.05) is 31.6 Å². The fraction of sp³-hybridized carbons (Fsp3) is 0.518. The zero-order valence-electron chi connectivity index (χ0n) is 48.5. The summed E-state index contributed by atoms with van der Waals surface area (Å²) in [5.74, 6) is -10.9. The monoisotopic (exact) mass is 1230 g/mol. The Morgan fingerprint density at radius 2 is 1.25 bits per heavy atom. The summed E-state index contributed by atoms with van der Waals surface area (Å²) in [6, 6.07) is 0.394. The predicted octanol–water partition coefficient (Wildman–Crippen LogP) is -3.39. The molecule has 11 atom stereocenters. The van der Waals surface area contributed by atoms with Gasteiger partial charge in [0, 0.05) is 44.4 Å². The van der Waals surface area contributed by atoms with Crippen LogP contribution in [-0.4, -0.2) is 209 Å². The van der Waals surface area contributed by atoms with E-state index in [0.717, 1.165) is 12.5 Å². The van der Waals surface area contributed by atoms with Crippen molar-refractivity contribution in [3.05, 3.63) is 83.9 Å². The van der Waals surface area contributed by atoms with Crippen molar-refractivity contribution in [1.82, 2.24) is 57.0 Å². The Bertz CT molecular complexity index is 2900. The van der Waals surface area contributed by atoms with E-state index in [1.807, 2.05) is 30.3 Å². The fourth-order valence-electron chi connectivity index (χ4n) is 9.92. The number of aliphatic hydroxyl groups is 1. The maximum Gasteiger partial charge on any atom is 0.326 e. The zero-order valence-corrected chi connectivity index (χ0v) is 49.3. The molecule has 9 amide bonds. The average Bonchev–Trinajstić information content (AvgIpc) is 2.77. The number of thioether (sulfide) groups is 1. The molecular formula is C56H79N15O15S. The number of likely N-dealkylation sites (tertiary alicyclic amines) is 2. The number of aliphatic imine (C=N–C) groups is 1. The van der Waals surface area contributed by atoms with Crippen LogP contribution in [0.3, 0.4) is 0 Å². The number of nitrogens with zero attached hydrogens (tertiary/aromatic N) is 4. The van der Waals surface area contributed by atoms with E-state index < -0.39 is 138 Å². The first-order valence-electron chi connectivity index (χ1n) is 28.3. The number of carbonyl (C=O) groups excluding carboxylic acids is 9. The highest BCUT2D eigenvalue weighted by molar-refractivity contribution is 7.98. The molecule has 0 spiro atoms. The number of benzene rings is 2. The fourth-order valence-corrected chi connectivity index (χ4v) is 10.4. The number of aromatic hydroxyl groups is 1. The van der Waals surface area contributed by atoms with Crippen LogP contribution in [0.2, 0.25) is 0 Å². The van der Waals surface area contributed by atoms with Gasteiger partial charge < -0.3 is 89.6 Å². The summed E-state index contributed by atoms with van der Waals surface area (Å²) >= 11 is 1.39. The van der Waals surface area contributed by atoms with E-state index in [2.05, 4.69) is 52.2 Å². The number of hydrogen-bond acceptors (Lipinski definition) is 17. The molecule has 3 heterocycles. The van der Waals surface area contributed by atoms with Gasteiger partial charge in [-0.1, -0.05) is 42.5 Å². The van der Waals surface area contributed by atoms with E-state index in [9.17, 15) is 73.2 Å². The van der Waals surface area contributed by atoms with Crippen molar-refractivity contribution in [1.29, 1.82) is 0 Å². The number of amides is 9. The topological polar surface area (TPSA) is 478 Å². The molecule has 3 aromatic rings. The lowest BCUT2D eigenvalue weighted by Gasteiger charge is -2.31. The molecular weight excluding hydrogens is 1150 g/mol. The number of nitrogens with one attached hydrogen (secondary N) is 8. The largest absolute Gasteiger partial charge is 0.508 e. The number of guanidine groups is 1. The standard InChI is InChI=1S/C56H79N15O15S/c1-30(63-50(80)42-13-8-21-70(42)53(83)36(57)24-32-10-5-4-6-11-32)46(76)64-37(12-7-20-61-56(58)59)47(77)66-40(27-44(74)75)49(79)69-45(31(2)72)52(82)67-39(25-33-15-17-35(73)18-16-33)48(78)68-41(26-34-28-60-29-62-34)54(84)71-22-9-14-43(71)51(81)65-38(55(85)86)19-23-87-3/h4-6,10-11,15-18,28-31,36-43,45,72-73H,7-9,12-14,19-27,57H2,1-3H3,(H,60,62)(H,63,80)(H,64,76)(H,65,81)(H,66,77)(H,67,82)(H,68,78)(H,69,79)(H,74,75)(H,85,86)(H4,58,59,61)/t30-,31+,36-,37-,38-,39-,40-,41-,42-,43-,45-/m0/s1. The summed E-state index contributed by atoms with van der Waals surface area (Å²) < 4.78 is 0. The minimum absolute atomic E-state index is 0.0416. The van der Waals surface area contributed by atoms with Crippen LogP contribution in [0.5, 0.6) is 5.75 Å². The van der Waals surface area contributed by atoms with Crippen LogP contribution >= 0.6 is 11.8 Å². The molecule has 30 nitrogen and oxygen atoms in total. The number of aromatic amines is 1. The number of carboxylic acids is 2. The Hall–Kier alpha value is -8.84. The molecule has 2 aliphatic rings. The van der Waals surface area contributed by atoms with Gasteiger partial charge in [-0.15, -0.1) is 0 Å². The smallest absolute Gasteiger partial charge is 0.326 e. The first kappa shape index (κ1) is 68.9. The number of nitrogens with two attached hydrogens (primary N) is 3. The molecule has 2 aromatic carbocycles. The second-order valence-corrected chi connectivity index (χ2v) is 22.2. The van der Waals surface area contributed by atoms with Crippen molar-refractivity contribution in [3.63, 3.8) is 0 Å². The van der Waals surface area contributed by atoms with Crippen LogP contribution in [0.25, 0.3) is 0 Å². The molecule has 2 fully saturated rings. The number of aromatic nitrogens is 2. The summed E-state index contributed by atoms with van der Waals surface area (Å²) in [6.07, 6.45) is 2.54. The van der Waals surface area contributed by atoms with Crippen molar-refractivity contribution in [2.24, 2.45) is 22.2 Å². The van der Waals surface area contributed by atoms with Gasteiger partial charge in [-0.25, -0.2) is 9.78 Å². The number of rotatable bonds is 33. The summed E-state index contributed by atoms with van der Waals surface area (Å²) in [7, 11) is 0. The molecule has 0 unspecified atom stereocenters. The van der Waals surface area contributed by atoms with Gasteiger partial charge >= 0.3 is 11.9 Å². The Kier molecular flexibility index (Phi) is 26.7. The van der Waals surface area contributed by atoms with Crippen LogP contribution in [0.1, 0.15) is 82.0 Å². The lowest BCUT2D eigenvalue weighted by atomic mass is 10.0. The maximum absolute atomic E-state index is 14.6. The minimum atomic E-state index is -2.00. The van der Waals surface area contributed by atoms with Gasteiger partial charge in [0.05, 0.1) is 24.9 Å². The Balaban J connectivity index is 1.32. The van der Waals surface area contributed by atoms with Crippen LogP contribution in [0.15, 0.2) is 72.1 Å². The minimum Gasteiger partial charge on any atom is -0.508 e. The van der Waals surface area contributed by atoms with Gasteiger partial charge in [-0.3, -0.25) is 52.9 Å². The number of hydrogen-bond donors (Lipinski definition) is 15. The highest BCUT2D eigenvalue weighted by Crippen LogP contribution is 2.22. The molecule has 5 rings (SSSR count). The third-order valence-corrected chi connectivity index (χ3v) is 15.2. The molecule has 0 bridgehead atoms. The van der Waals surface area contributed by atoms with Crippen LogP contribution in [0, 0.1) is 0 Å². The quantitative estimate of drug-likeness (QED) is 0.0161.